The molecule has 2 fully saturated rings. The highest BCUT2D eigenvalue weighted by atomic mass is 32.2. The first-order valence-electron chi connectivity index (χ1n) is 6.87. The monoisotopic (exact) mass is 287 g/mol. The Hall–Kier alpha value is -1.75. The molecule has 0 radical (unpaired) electrons. The highest BCUT2D eigenvalue weighted by Gasteiger charge is 2.22. The van der Waals surface area contributed by atoms with Crippen molar-refractivity contribution < 1.29 is 4.79 Å². The zero-order valence-electron chi connectivity index (χ0n) is 11.2. The van der Waals surface area contributed by atoms with Gasteiger partial charge < -0.3 is 10.2 Å². The third kappa shape index (κ3) is 2.88. The quantitative estimate of drug-likeness (QED) is 0.822. The number of anilines is 1. The van der Waals surface area contributed by atoms with Crippen LogP contribution in [-0.4, -0.2) is 24.2 Å². The zero-order chi connectivity index (χ0) is 13.9. The predicted molar refractivity (Wildman–Crippen MR) is 83.9 cm³/mol. The first-order chi connectivity index (χ1) is 9.72. The van der Waals surface area contributed by atoms with Gasteiger partial charge in [0.25, 0.3) is 5.91 Å². The fourth-order valence-corrected chi connectivity index (χ4v) is 3.23. The van der Waals surface area contributed by atoms with Crippen molar-refractivity contribution in [2.75, 3.05) is 18.0 Å². The summed E-state index contributed by atoms with van der Waals surface area (Å²) in [5.74, 6) is -0.180. The largest absolute Gasteiger partial charge is 0.372 e. The first-order valence-corrected chi connectivity index (χ1v) is 7.68. The molecule has 0 bridgehead atoms. The van der Waals surface area contributed by atoms with Gasteiger partial charge in [-0.05, 0) is 54.8 Å². The van der Waals surface area contributed by atoms with Gasteiger partial charge in [-0.1, -0.05) is 12.1 Å². The van der Waals surface area contributed by atoms with Crippen LogP contribution in [0.5, 0.6) is 0 Å². The zero-order valence-corrected chi connectivity index (χ0v) is 12.0. The van der Waals surface area contributed by atoms with Crippen molar-refractivity contribution in [3.05, 3.63) is 34.7 Å². The van der Waals surface area contributed by atoms with Crippen molar-refractivity contribution in [2.24, 2.45) is 0 Å². The number of thioether (sulfide) groups is 1. The van der Waals surface area contributed by atoms with E-state index < -0.39 is 0 Å². The van der Waals surface area contributed by atoms with Crippen LogP contribution in [0.1, 0.15) is 24.8 Å². The van der Waals surface area contributed by atoms with E-state index in [0.717, 1.165) is 18.7 Å². The van der Waals surface area contributed by atoms with Crippen LogP contribution in [0.25, 0.3) is 6.08 Å². The Balaban J connectivity index is 1.74. The lowest BCUT2D eigenvalue weighted by Crippen LogP contribution is -2.29. The molecule has 3 rings (SSSR count). The van der Waals surface area contributed by atoms with E-state index >= 15 is 0 Å². The van der Waals surface area contributed by atoms with Gasteiger partial charge in [0.1, 0.15) is 0 Å². The molecule has 0 spiro atoms. The fourth-order valence-electron chi connectivity index (χ4n) is 2.53. The molecule has 5 heteroatoms. The van der Waals surface area contributed by atoms with Gasteiger partial charge in [0.15, 0.2) is 5.17 Å². The number of amidine groups is 1. The first kappa shape index (κ1) is 13.2. The molecule has 20 heavy (non-hydrogen) atoms. The number of piperidine rings is 1. The smallest absolute Gasteiger partial charge is 0.264 e. The van der Waals surface area contributed by atoms with Crippen molar-refractivity contribution >= 4 is 34.6 Å². The third-order valence-electron chi connectivity index (χ3n) is 3.57. The summed E-state index contributed by atoms with van der Waals surface area (Å²) in [5, 5.41) is 10.1. The Morgan fingerprint density at radius 1 is 1.15 bits per heavy atom. The van der Waals surface area contributed by atoms with Gasteiger partial charge in [0.2, 0.25) is 0 Å². The SMILES string of the molecule is N=C1NC(=O)C(=Cc2ccc(N3CCCCC3)cc2)S1. The number of rotatable bonds is 2. The van der Waals surface area contributed by atoms with Crippen molar-refractivity contribution in [3.63, 3.8) is 0 Å². The number of carbonyl (C=O) groups excluding carboxylic acids is 1. The Morgan fingerprint density at radius 3 is 2.45 bits per heavy atom. The van der Waals surface area contributed by atoms with E-state index in [2.05, 4.69) is 22.3 Å². The van der Waals surface area contributed by atoms with Crippen molar-refractivity contribution in [3.8, 4) is 0 Å². The Bertz CT molecular complexity index is 559. The third-order valence-corrected chi connectivity index (χ3v) is 4.40. The van der Waals surface area contributed by atoms with Crippen molar-refractivity contribution in [2.45, 2.75) is 19.3 Å². The number of benzene rings is 1. The summed E-state index contributed by atoms with van der Waals surface area (Å²) in [6.07, 6.45) is 5.70. The molecule has 2 aliphatic heterocycles. The van der Waals surface area contributed by atoms with Crippen LogP contribution in [0.2, 0.25) is 0 Å². The second-order valence-electron chi connectivity index (χ2n) is 5.03. The van der Waals surface area contributed by atoms with Gasteiger partial charge in [0, 0.05) is 18.8 Å². The number of hydrogen-bond acceptors (Lipinski definition) is 4. The molecule has 2 aliphatic rings. The standard InChI is InChI=1S/C15H17N3OS/c16-15-17-14(19)13(20-15)10-11-4-6-12(7-5-11)18-8-2-1-3-9-18/h4-7,10H,1-3,8-9H2,(H2,16,17,19). The van der Waals surface area contributed by atoms with Crippen LogP contribution in [0.15, 0.2) is 29.2 Å². The van der Waals surface area contributed by atoms with E-state index in [9.17, 15) is 4.79 Å². The van der Waals surface area contributed by atoms with Crippen LogP contribution >= 0.6 is 11.8 Å². The predicted octanol–water partition coefficient (Wildman–Crippen LogP) is 2.82. The summed E-state index contributed by atoms with van der Waals surface area (Å²) in [7, 11) is 0. The number of amides is 1. The Morgan fingerprint density at radius 2 is 1.85 bits per heavy atom. The van der Waals surface area contributed by atoms with E-state index in [1.807, 2.05) is 18.2 Å². The lowest BCUT2D eigenvalue weighted by molar-refractivity contribution is -0.115. The second-order valence-corrected chi connectivity index (χ2v) is 6.09. The summed E-state index contributed by atoms with van der Waals surface area (Å²) in [5.41, 5.74) is 2.25. The maximum Gasteiger partial charge on any atom is 0.264 e. The fraction of sp³-hybridized carbons (Fsp3) is 0.333. The molecule has 104 valence electrons. The molecule has 4 nitrogen and oxygen atoms in total. The lowest BCUT2D eigenvalue weighted by Gasteiger charge is -2.28. The molecular weight excluding hydrogens is 270 g/mol. The second kappa shape index (κ2) is 5.71. The van der Waals surface area contributed by atoms with Gasteiger partial charge in [-0.25, -0.2) is 0 Å². The molecule has 0 saturated carbocycles. The number of hydrogen-bond donors (Lipinski definition) is 2. The van der Waals surface area contributed by atoms with E-state index in [1.165, 1.54) is 36.7 Å². The molecule has 2 saturated heterocycles. The average molecular weight is 287 g/mol. The normalized spacial score (nSPS) is 21.4. The van der Waals surface area contributed by atoms with Crippen molar-refractivity contribution in [1.29, 1.82) is 5.41 Å². The maximum atomic E-state index is 11.6. The summed E-state index contributed by atoms with van der Waals surface area (Å²) in [6, 6.07) is 8.29. The minimum Gasteiger partial charge on any atom is -0.372 e. The molecule has 1 aromatic rings. The minimum atomic E-state index is -0.180. The molecule has 1 amide bonds. The van der Waals surface area contributed by atoms with E-state index in [4.69, 9.17) is 5.41 Å². The van der Waals surface area contributed by atoms with Crippen LogP contribution in [0, 0.1) is 5.41 Å². The van der Waals surface area contributed by atoms with Crippen LogP contribution < -0.4 is 10.2 Å². The number of nitrogens with zero attached hydrogens (tertiary/aromatic N) is 1. The van der Waals surface area contributed by atoms with Gasteiger partial charge in [-0.3, -0.25) is 10.2 Å². The Labute approximate surface area is 122 Å². The van der Waals surface area contributed by atoms with E-state index in [-0.39, 0.29) is 11.1 Å². The van der Waals surface area contributed by atoms with Gasteiger partial charge in [-0.2, -0.15) is 0 Å². The highest BCUT2D eigenvalue weighted by molar-refractivity contribution is 8.18. The van der Waals surface area contributed by atoms with Crippen LogP contribution in [0.3, 0.4) is 0 Å². The summed E-state index contributed by atoms with van der Waals surface area (Å²) >= 11 is 1.17. The molecule has 0 aliphatic carbocycles. The van der Waals surface area contributed by atoms with Gasteiger partial charge in [0.05, 0.1) is 4.91 Å². The average Bonchev–Trinajstić information content (AvgIpc) is 2.79. The topological polar surface area (TPSA) is 56.2 Å². The van der Waals surface area contributed by atoms with Crippen LogP contribution in [0.4, 0.5) is 5.69 Å². The number of carbonyl (C=O) groups is 1. The van der Waals surface area contributed by atoms with Crippen LogP contribution in [-0.2, 0) is 4.79 Å². The highest BCUT2D eigenvalue weighted by Crippen LogP contribution is 2.26. The molecule has 1 aromatic carbocycles. The molecule has 0 aromatic heterocycles. The molecule has 0 atom stereocenters. The van der Waals surface area contributed by atoms with Gasteiger partial charge in [-0.15, -0.1) is 0 Å². The molecule has 2 heterocycles. The molecule has 2 N–H and O–H groups in total. The van der Waals surface area contributed by atoms with Crippen molar-refractivity contribution in [1.82, 2.24) is 5.32 Å². The number of nitrogens with one attached hydrogen (secondary N) is 2. The summed E-state index contributed by atoms with van der Waals surface area (Å²) < 4.78 is 0. The maximum absolute atomic E-state index is 11.6. The van der Waals surface area contributed by atoms with E-state index in [0.29, 0.717) is 4.91 Å². The Kier molecular flexibility index (Phi) is 3.78. The van der Waals surface area contributed by atoms with E-state index in [1.54, 1.807) is 0 Å². The van der Waals surface area contributed by atoms with Gasteiger partial charge >= 0.3 is 0 Å². The molecular formula is C15H17N3OS. The minimum absolute atomic E-state index is 0.180. The summed E-state index contributed by atoms with van der Waals surface area (Å²) in [6.45, 7) is 2.27. The summed E-state index contributed by atoms with van der Waals surface area (Å²) in [4.78, 5) is 14.5. The molecule has 0 unspecified atom stereocenters. The lowest BCUT2D eigenvalue weighted by atomic mass is 10.1.